The van der Waals surface area contributed by atoms with Crippen molar-refractivity contribution in [1.29, 1.82) is 0 Å². The van der Waals surface area contributed by atoms with Crippen LogP contribution in [-0.4, -0.2) is 54.1 Å². The molecule has 2 heterocycles. The van der Waals surface area contributed by atoms with Gasteiger partial charge in [0.15, 0.2) is 0 Å². The largest absolute Gasteiger partial charge is 0.372 e. The SMILES string of the molecule is CCN(CC)c1ccc(CN2CCN(c3nc4ccccc4[nH]3)CC2)cc1. The zero-order valence-corrected chi connectivity index (χ0v) is 16.4. The summed E-state index contributed by atoms with van der Waals surface area (Å²) < 4.78 is 0. The summed E-state index contributed by atoms with van der Waals surface area (Å²) in [4.78, 5) is 15.5. The van der Waals surface area contributed by atoms with Crippen molar-refractivity contribution in [2.24, 2.45) is 0 Å². The molecule has 0 bridgehead atoms. The van der Waals surface area contributed by atoms with Gasteiger partial charge in [-0.3, -0.25) is 4.90 Å². The molecule has 5 nitrogen and oxygen atoms in total. The minimum Gasteiger partial charge on any atom is -0.372 e. The van der Waals surface area contributed by atoms with Crippen LogP contribution in [0.4, 0.5) is 11.6 Å². The number of fused-ring (bicyclic) bond motifs is 1. The lowest BCUT2D eigenvalue weighted by atomic mass is 10.1. The Morgan fingerprint density at radius 1 is 0.926 bits per heavy atom. The lowest BCUT2D eigenvalue weighted by Crippen LogP contribution is -2.46. The van der Waals surface area contributed by atoms with Gasteiger partial charge in [-0.1, -0.05) is 24.3 Å². The summed E-state index contributed by atoms with van der Waals surface area (Å²) >= 11 is 0. The second-order valence-corrected chi connectivity index (χ2v) is 7.18. The predicted molar refractivity (Wildman–Crippen MR) is 114 cm³/mol. The van der Waals surface area contributed by atoms with Gasteiger partial charge in [0.1, 0.15) is 0 Å². The Balaban J connectivity index is 1.34. The lowest BCUT2D eigenvalue weighted by molar-refractivity contribution is 0.249. The van der Waals surface area contributed by atoms with E-state index in [1.807, 2.05) is 12.1 Å². The smallest absolute Gasteiger partial charge is 0.203 e. The maximum atomic E-state index is 4.73. The second-order valence-electron chi connectivity index (χ2n) is 7.18. The Hall–Kier alpha value is -2.53. The molecule has 0 amide bonds. The molecule has 3 aromatic rings. The first-order valence-corrected chi connectivity index (χ1v) is 10.0. The first-order valence-electron chi connectivity index (χ1n) is 10.0. The number of aromatic amines is 1. The van der Waals surface area contributed by atoms with Crippen LogP contribution in [0.2, 0.25) is 0 Å². The van der Waals surface area contributed by atoms with Crippen molar-refractivity contribution in [3.8, 4) is 0 Å². The van der Waals surface area contributed by atoms with Crippen molar-refractivity contribution in [1.82, 2.24) is 14.9 Å². The number of H-pyrrole nitrogens is 1. The summed E-state index contributed by atoms with van der Waals surface area (Å²) in [7, 11) is 0. The number of aromatic nitrogens is 2. The topological polar surface area (TPSA) is 38.4 Å². The van der Waals surface area contributed by atoms with E-state index in [1.54, 1.807) is 0 Å². The summed E-state index contributed by atoms with van der Waals surface area (Å²) in [5.41, 5.74) is 4.87. The van der Waals surface area contributed by atoms with E-state index in [4.69, 9.17) is 4.98 Å². The third-order valence-electron chi connectivity index (χ3n) is 5.52. The highest BCUT2D eigenvalue weighted by atomic mass is 15.3. The molecule has 0 radical (unpaired) electrons. The van der Waals surface area contributed by atoms with Crippen LogP contribution in [0.5, 0.6) is 0 Å². The quantitative estimate of drug-likeness (QED) is 0.724. The zero-order valence-electron chi connectivity index (χ0n) is 16.4. The molecule has 2 aromatic carbocycles. The number of imidazole rings is 1. The number of piperazine rings is 1. The lowest BCUT2D eigenvalue weighted by Gasteiger charge is -2.34. The van der Waals surface area contributed by atoms with E-state index in [-0.39, 0.29) is 0 Å². The fourth-order valence-corrected chi connectivity index (χ4v) is 3.87. The number of rotatable bonds is 6. The van der Waals surface area contributed by atoms with Gasteiger partial charge in [-0.15, -0.1) is 0 Å². The first-order chi connectivity index (χ1) is 13.3. The van der Waals surface area contributed by atoms with Gasteiger partial charge in [0.05, 0.1) is 11.0 Å². The van der Waals surface area contributed by atoms with Crippen molar-refractivity contribution >= 4 is 22.7 Å². The number of nitrogens with one attached hydrogen (secondary N) is 1. The van der Waals surface area contributed by atoms with Gasteiger partial charge in [0.2, 0.25) is 5.95 Å². The maximum Gasteiger partial charge on any atom is 0.203 e. The highest BCUT2D eigenvalue weighted by Gasteiger charge is 2.19. The monoisotopic (exact) mass is 363 g/mol. The maximum absolute atomic E-state index is 4.73. The molecule has 0 aliphatic carbocycles. The van der Waals surface area contributed by atoms with Crippen LogP contribution >= 0.6 is 0 Å². The second kappa shape index (κ2) is 8.01. The van der Waals surface area contributed by atoms with Crippen LogP contribution in [-0.2, 0) is 6.54 Å². The molecular formula is C22H29N5. The van der Waals surface area contributed by atoms with Gasteiger partial charge >= 0.3 is 0 Å². The predicted octanol–water partition coefficient (Wildman–Crippen LogP) is 3.73. The summed E-state index contributed by atoms with van der Waals surface area (Å²) in [6.07, 6.45) is 0. The number of hydrogen-bond acceptors (Lipinski definition) is 4. The molecule has 27 heavy (non-hydrogen) atoms. The fourth-order valence-electron chi connectivity index (χ4n) is 3.87. The van der Waals surface area contributed by atoms with Gasteiger partial charge in [-0.25, -0.2) is 4.98 Å². The van der Waals surface area contributed by atoms with Crippen molar-refractivity contribution < 1.29 is 0 Å². The van der Waals surface area contributed by atoms with Crippen LogP contribution in [0, 0.1) is 0 Å². The van der Waals surface area contributed by atoms with Gasteiger partial charge in [0.25, 0.3) is 0 Å². The van der Waals surface area contributed by atoms with E-state index < -0.39 is 0 Å². The third-order valence-corrected chi connectivity index (χ3v) is 5.52. The Morgan fingerprint density at radius 2 is 1.63 bits per heavy atom. The summed E-state index contributed by atoms with van der Waals surface area (Å²) in [5.74, 6) is 0.999. The highest BCUT2D eigenvalue weighted by molar-refractivity contribution is 5.77. The van der Waals surface area contributed by atoms with E-state index >= 15 is 0 Å². The molecule has 1 aromatic heterocycles. The van der Waals surface area contributed by atoms with Crippen molar-refractivity contribution in [2.75, 3.05) is 49.1 Å². The molecule has 1 N–H and O–H groups in total. The van der Waals surface area contributed by atoms with Crippen LogP contribution in [0.1, 0.15) is 19.4 Å². The highest BCUT2D eigenvalue weighted by Crippen LogP contribution is 2.20. The molecule has 0 atom stereocenters. The molecule has 1 fully saturated rings. The van der Waals surface area contributed by atoms with Gasteiger partial charge in [-0.05, 0) is 43.7 Å². The van der Waals surface area contributed by atoms with Gasteiger partial charge in [-0.2, -0.15) is 0 Å². The van der Waals surface area contributed by atoms with E-state index in [2.05, 4.69) is 69.9 Å². The van der Waals surface area contributed by atoms with Crippen molar-refractivity contribution in [3.63, 3.8) is 0 Å². The average molecular weight is 364 g/mol. The molecular weight excluding hydrogens is 334 g/mol. The van der Waals surface area contributed by atoms with Crippen LogP contribution in [0.15, 0.2) is 48.5 Å². The molecule has 0 saturated carbocycles. The number of nitrogens with zero attached hydrogens (tertiary/aromatic N) is 4. The average Bonchev–Trinajstić information content (AvgIpc) is 3.15. The van der Waals surface area contributed by atoms with E-state index in [0.29, 0.717) is 0 Å². The Bertz CT molecular complexity index is 825. The van der Waals surface area contributed by atoms with Crippen LogP contribution in [0.3, 0.4) is 0 Å². The summed E-state index contributed by atoms with van der Waals surface area (Å²) in [6.45, 7) is 11.7. The number of anilines is 2. The Labute approximate surface area is 161 Å². The normalized spacial score (nSPS) is 15.4. The third kappa shape index (κ3) is 3.93. The molecule has 0 spiro atoms. The number of para-hydroxylation sites is 2. The molecule has 5 heteroatoms. The van der Waals surface area contributed by atoms with E-state index in [1.165, 1.54) is 11.3 Å². The minimum absolute atomic E-state index is 0.999. The first kappa shape index (κ1) is 17.9. The Kier molecular flexibility index (Phi) is 5.30. The molecule has 0 unspecified atom stereocenters. The summed E-state index contributed by atoms with van der Waals surface area (Å²) in [5, 5.41) is 0. The van der Waals surface area contributed by atoms with Crippen LogP contribution < -0.4 is 9.80 Å². The molecule has 142 valence electrons. The molecule has 1 saturated heterocycles. The van der Waals surface area contributed by atoms with Crippen LogP contribution in [0.25, 0.3) is 11.0 Å². The van der Waals surface area contributed by atoms with Gasteiger partial charge in [0, 0.05) is 51.5 Å². The van der Waals surface area contributed by atoms with E-state index in [0.717, 1.165) is 62.8 Å². The van der Waals surface area contributed by atoms with Gasteiger partial charge < -0.3 is 14.8 Å². The molecule has 1 aliphatic rings. The standard InChI is InChI=1S/C22H29N5/c1-3-26(4-2)19-11-9-18(10-12-19)17-25-13-15-27(16-14-25)22-23-20-7-5-6-8-21(20)24-22/h5-12H,3-4,13-17H2,1-2H3,(H,23,24). The van der Waals surface area contributed by atoms with Crippen molar-refractivity contribution in [3.05, 3.63) is 54.1 Å². The number of benzene rings is 2. The van der Waals surface area contributed by atoms with Crippen molar-refractivity contribution in [2.45, 2.75) is 20.4 Å². The minimum atomic E-state index is 0.999. The molecule has 4 rings (SSSR count). The zero-order chi connectivity index (χ0) is 18.6. The molecule has 1 aliphatic heterocycles. The summed E-state index contributed by atoms with van der Waals surface area (Å²) in [6, 6.07) is 17.3. The van der Waals surface area contributed by atoms with E-state index in [9.17, 15) is 0 Å². The Morgan fingerprint density at radius 3 is 2.30 bits per heavy atom. The number of hydrogen-bond donors (Lipinski definition) is 1. The fraction of sp³-hybridized carbons (Fsp3) is 0.409.